The van der Waals surface area contributed by atoms with Crippen LogP contribution in [0.15, 0.2) is 28.7 Å². The van der Waals surface area contributed by atoms with E-state index in [2.05, 4.69) is 21.0 Å². The summed E-state index contributed by atoms with van der Waals surface area (Å²) in [6.07, 6.45) is 0.529. The van der Waals surface area contributed by atoms with E-state index in [0.717, 1.165) is 17.8 Å². The van der Waals surface area contributed by atoms with E-state index in [1.165, 1.54) is 12.1 Å². The first-order chi connectivity index (χ1) is 8.99. The first kappa shape index (κ1) is 14.2. The number of rotatable bonds is 4. The maximum absolute atomic E-state index is 13.3. The molecule has 1 aromatic heterocycles. The molecule has 1 aromatic carbocycles. The van der Waals surface area contributed by atoms with Crippen LogP contribution in [-0.2, 0) is 19.9 Å². The van der Waals surface area contributed by atoms with Crippen LogP contribution < -0.4 is 0 Å². The number of hydrogen-bond donors (Lipinski definition) is 1. The van der Waals surface area contributed by atoms with Crippen molar-refractivity contribution in [2.24, 2.45) is 7.05 Å². The molecule has 1 N–H and O–H groups in total. The van der Waals surface area contributed by atoms with Gasteiger partial charge in [0.25, 0.3) is 0 Å². The van der Waals surface area contributed by atoms with E-state index in [9.17, 15) is 9.50 Å². The zero-order valence-corrected chi connectivity index (χ0v) is 12.5. The highest BCUT2D eigenvalue weighted by molar-refractivity contribution is 9.10. The van der Waals surface area contributed by atoms with Crippen molar-refractivity contribution in [1.82, 2.24) is 9.78 Å². The van der Waals surface area contributed by atoms with Gasteiger partial charge in [-0.05, 0) is 36.2 Å². The average Bonchev–Trinajstić information content (AvgIpc) is 2.69. The standard InChI is InChI=1S/C14H16BrFN2O/c1-3-12-7-13(18(2)17-12)8-14(19)9-4-10(15)6-11(16)5-9/h4-7,14,19H,3,8H2,1-2H3. The van der Waals surface area contributed by atoms with Gasteiger partial charge >= 0.3 is 0 Å². The summed E-state index contributed by atoms with van der Waals surface area (Å²) >= 11 is 3.23. The first-order valence-electron chi connectivity index (χ1n) is 6.15. The third kappa shape index (κ3) is 3.42. The highest BCUT2D eigenvalue weighted by atomic mass is 79.9. The molecule has 1 atom stereocenters. The minimum absolute atomic E-state index is 0.359. The maximum Gasteiger partial charge on any atom is 0.124 e. The van der Waals surface area contributed by atoms with Crippen molar-refractivity contribution in [1.29, 1.82) is 0 Å². The topological polar surface area (TPSA) is 38.0 Å². The molecule has 1 heterocycles. The lowest BCUT2D eigenvalue weighted by Gasteiger charge is -2.11. The predicted octanol–water partition coefficient (Wildman–Crippen LogP) is 3.16. The van der Waals surface area contributed by atoms with Gasteiger partial charge in [0.2, 0.25) is 0 Å². The summed E-state index contributed by atoms with van der Waals surface area (Å²) in [5, 5.41) is 14.5. The maximum atomic E-state index is 13.3. The molecule has 0 saturated carbocycles. The van der Waals surface area contributed by atoms with Gasteiger partial charge in [-0.2, -0.15) is 5.10 Å². The molecule has 0 amide bonds. The van der Waals surface area contributed by atoms with Gasteiger partial charge in [-0.1, -0.05) is 22.9 Å². The normalized spacial score (nSPS) is 12.7. The van der Waals surface area contributed by atoms with Gasteiger partial charge in [-0.15, -0.1) is 0 Å². The van der Waals surface area contributed by atoms with Crippen molar-refractivity contribution in [3.05, 3.63) is 51.5 Å². The number of benzene rings is 1. The van der Waals surface area contributed by atoms with Crippen LogP contribution >= 0.6 is 15.9 Å². The fraction of sp³-hybridized carbons (Fsp3) is 0.357. The Hall–Kier alpha value is -1.20. The number of aromatic nitrogens is 2. The monoisotopic (exact) mass is 326 g/mol. The molecule has 19 heavy (non-hydrogen) atoms. The Bertz CT molecular complexity index is 563. The summed E-state index contributed by atoms with van der Waals surface area (Å²) in [6, 6.07) is 6.42. The van der Waals surface area contributed by atoms with E-state index < -0.39 is 6.10 Å². The van der Waals surface area contributed by atoms with E-state index in [0.29, 0.717) is 16.5 Å². The third-order valence-corrected chi connectivity index (χ3v) is 3.52. The number of aliphatic hydroxyl groups excluding tert-OH is 1. The molecule has 0 bridgehead atoms. The second-order valence-corrected chi connectivity index (χ2v) is 5.44. The zero-order chi connectivity index (χ0) is 14.0. The van der Waals surface area contributed by atoms with Crippen LogP contribution in [0.25, 0.3) is 0 Å². The first-order valence-corrected chi connectivity index (χ1v) is 6.94. The number of aliphatic hydroxyl groups is 1. The number of aryl methyl sites for hydroxylation is 2. The fourth-order valence-corrected chi connectivity index (χ4v) is 2.50. The van der Waals surface area contributed by atoms with Crippen LogP contribution in [0.5, 0.6) is 0 Å². The second-order valence-electron chi connectivity index (χ2n) is 4.53. The lowest BCUT2D eigenvalue weighted by atomic mass is 10.0. The molecule has 0 saturated heterocycles. The summed E-state index contributed by atoms with van der Waals surface area (Å²) in [7, 11) is 1.85. The molecule has 0 aliphatic rings. The Kier molecular flexibility index (Phi) is 4.37. The van der Waals surface area contributed by atoms with Crippen molar-refractivity contribution < 1.29 is 9.50 Å². The minimum atomic E-state index is -0.743. The predicted molar refractivity (Wildman–Crippen MR) is 75.3 cm³/mol. The number of nitrogens with zero attached hydrogens (tertiary/aromatic N) is 2. The van der Waals surface area contributed by atoms with E-state index in [1.54, 1.807) is 10.7 Å². The molecule has 2 aromatic rings. The molecule has 5 heteroatoms. The van der Waals surface area contributed by atoms with E-state index in [4.69, 9.17) is 0 Å². The Morgan fingerprint density at radius 1 is 1.37 bits per heavy atom. The number of hydrogen-bond acceptors (Lipinski definition) is 2. The summed E-state index contributed by atoms with van der Waals surface area (Å²) in [4.78, 5) is 0. The van der Waals surface area contributed by atoms with Gasteiger partial charge in [-0.25, -0.2) is 4.39 Å². The smallest absolute Gasteiger partial charge is 0.124 e. The molecule has 0 aliphatic heterocycles. The lowest BCUT2D eigenvalue weighted by Crippen LogP contribution is -2.06. The average molecular weight is 327 g/mol. The Morgan fingerprint density at radius 2 is 2.11 bits per heavy atom. The van der Waals surface area contributed by atoms with Gasteiger partial charge in [0.15, 0.2) is 0 Å². The molecule has 0 aliphatic carbocycles. The lowest BCUT2D eigenvalue weighted by molar-refractivity contribution is 0.175. The van der Waals surface area contributed by atoms with Crippen LogP contribution in [0.3, 0.4) is 0 Å². The fourth-order valence-electron chi connectivity index (χ4n) is 2.02. The van der Waals surface area contributed by atoms with Crippen LogP contribution in [-0.4, -0.2) is 14.9 Å². The van der Waals surface area contributed by atoms with Gasteiger partial charge in [0.1, 0.15) is 5.82 Å². The SMILES string of the molecule is CCc1cc(CC(O)c2cc(F)cc(Br)c2)n(C)n1. The molecule has 0 spiro atoms. The van der Waals surface area contributed by atoms with Gasteiger partial charge in [0.05, 0.1) is 11.8 Å². The van der Waals surface area contributed by atoms with Crippen molar-refractivity contribution in [2.75, 3.05) is 0 Å². The Labute approximate surface area is 120 Å². The van der Waals surface area contributed by atoms with Crippen molar-refractivity contribution in [2.45, 2.75) is 25.9 Å². The third-order valence-electron chi connectivity index (χ3n) is 3.06. The summed E-state index contributed by atoms with van der Waals surface area (Å²) < 4.78 is 15.7. The molecule has 1 unspecified atom stereocenters. The van der Waals surface area contributed by atoms with E-state index in [1.807, 2.05) is 20.0 Å². The highest BCUT2D eigenvalue weighted by Gasteiger charge is 2.14. The zero-order valence-electron chi connectivity index (χ0n) is 10.9. The van der Waals surface area contributed by atoms with Gasteiger partial charge < -0.3 is 5.11 Å². The Balaban J connectivity index is 2.20. The molecular formula is C14H16BrFN2O. The molecule has 2 rings (SSSR count). The molecular weight excluding hydrogens is 311 g/mol. The molecule has 0 radical (unpaired) electrons. The van der Waals surface area contributed by atoms with E-state index >= 15 is 0 Å². The van der Waals surface area contributed by atoms with Crippen molar-refractivity contribution in [3.8, 4) is 0 Å². The largest absolute Gasteiger partial charge is 0.388 e. The quantitative estimate of drug-likeness (QED) is 0.937. The van der Waals surface area contributed by atoms with Crippen LogP contribution in [0.2, 0.25) is 0 Å². The second kappa shape index (κ2) is 5.84. The minimum Gasteiger partial charge on any atom is -0.388 e. The molecule has 0 fully saturated rings. The van der Waals surface area contributed by atoms with Gasteiger partial charge in [-0.3, -0.25) is 4.68 Å². The summed E-state index contributed by atoms with van der Waals surface area (Å²) in [6.45, 7) is 2.03. The van der Waals surface area contributed by atoms with Crippen LogP contribution in [0, 0.1) is 5.82 Å². The summed E-state index contributed by atoms with van der Waals surface area (Å²) in [5.74, 6) is -0.359. The number of halogens is 2. The molecule has 3 nitrogen and oxygen atoms in total. The van der Waals surface area contributed by atoms with Crippen molar-refractivity contribution in [3.63, 3.8) is 0 Å². The van der Waals surface area contributed by atoms with Crippen LogP contribution in [0.1, 0.15) is 30.0 Å². The Morgan fingerprint density at radius 3 is 2.68 bits per heavy atom. The van der Waals surface area contributed by atoms with Crippen molar-refractivity contribution >= 4 is 15.9 Å². The molecule has 102 valence electrons. The summed E-state index contributed by atoms with van der Waals surface area (Å²) in [5.41, 5.74) is 2.49. The van der Waals surface area contributed by atoms with Crippen LogP contribution in [0.4, 0.5) is 4.39 Å². The van der Waals surface area contributed by atoms with E-state index in [-0.39, 0.29) is 5.82 Å². The van der Waals surface area contributed by atoms with Gasteiger partial charge in [0, 0.05) is 23.6 Å². The highest BCUT2D eigenvalue weighted by Crippen LogP contribution is 2.23.